The third-order valence-electron chi connectivity index (χ3n) is 7.81. The summed E-state index contributed by atoms with van der Waals surface area (Å²) in [5.41, 5.74) is 5.55. The summed E-state index contributed by atoms with van der Waals surface area (Å²) < 4.78 is 5.51. The fourth-order valence-electron chi connectivity index (χ4n) is 5.45. The van der Waals surface area contributed by atoms with Crippen molar-refractivity contribution in [2.45, 2.75) is 64.5 Å². The van der Waals surface area contributed by atoms with Crippen LogP contribution in [0.1, 0.15) is 68.0 Å². The molecular formula is C29H35N5O2. The first kappa shape index (κ1) is 24.5. The lowest BCUT2D eigenvalue weighted by Crippen LogP contribution is -2.58. The number of aromatic nitrogens is 2. The predicted octanol–water partition coefficient (Wildman–Crippen LogP) is 4.70. The molecule has 2 unspecified atom stereocenters. The summed E-state index contributed by atoms with van der Waals surface area (Å²) in [5, 5.41) is 10.3. The van der Waals surface area contributed by atoms with Crippen molar-refractivity contribution in [2.75, 3.05) is 31.1 Å². The molecule has 0 spiro atoms. The summed E-state index contributed by atoms with van der Waals surface area (Å²) in [6.07, 6.45) is 7.26. The molecule has 4 heterocycles. The molecule has 1 saturated carbocycles. The van der Waals surface area contributed by atoms with E-state index in [1.54, 1.807) is 12.3 Å². The number of hydrogen-bond donors (Lipinski definition) is 0. The van der Waals surface area contributed by atoms with Gasteiger partial charge in [-0.15, -0.1) is 0 Å². The molecule has 0 N–H and O–H groups in total. The van der Waals surface area contributed by atoms with Crippen LogP contribution in [-0.2, 0) is 9.53 Å². The van der Waals surface area contributed by atoms with Crippen LogP contribution in [0.4, 0.5) is 5.82 Å². The molecule has 0 bridgehead atoms. The summed E-state index contributed by atoms with van der Waals surface area (Å²) in [6.45, 7) is 13.0. The van der Waals surface area contributed by atoms with Crippen LogP contribution in [0.3, 0.4) is 0 Å². The minimum atomic E-state index is 0.0689. The lowest BCUT2D eigenvalue weighted by molar-refractivity contribution is -0.142. The first-order valence-corrected chi connectivity index (χ1v) is 13.1. The van der Waals surface area contributed by atoms with Gasteiger partial charge in [0, 0.05) is 43.9 Å². The second-order valence-corrected chi connectivity index (χ2v) is 10.6. The van der Waals surface area contributed by atoms with Gasteiger partial charge >= 0.3 is 0 Å². The van der Waals surface area contributed by atoms with Gasteiger partial charge < -0.3 is 14.5 Å². The Balaban J connectivity index is 1.49. The van der Waals surface area contributed by atoms with E-state index in [4.69, 9.17) is 9.72 Å². The molecule has 36 heavy (non-hydrogen) atoms. The summed E-state index contributed by atoms with van der Waals surface area (Å²) >= 11 is 0. The van der Waals surface area contributed by atoms with Crippen molar-refractivity contribution in [2.24, 2.45) is 5.92 Å². The molecule has 1 amide bonds. The molecule has 188 valence electrons. The number of hydrogen-bond acceptors (Lipinski definition) is 6. The van der Waals surface area contributed by atoms with Gasteiger partial charge in [0.15, 0.2) is 0 Å². The Bertz CT molecular complexity index is 1210. The van der Waals surface area contributed by atoms with Gasteiger partial charge in [-0.25, -0.2) is 4.98 Å². The summed E-state index contributed by atoms with van der Waals surface area (Å²) in [6, 6.07) is 6.55. The van der Waals surface area contributed by atoms with Crippen molar-refractivity contribution in [3.05, 3.63) is 47.4 Å². The fourth-order valence-corrected chi connectivity index (χ4v) is 5.45. The van der Waals surface area contributed by atoms with Gasteiger partial charge in [-0.1, -0.05) is 20.4 Å². The number of pyridine rings is 2. The van der Waals surface area contributed by atoms with Gasteiger partial charge in [0.1, 0.15) is 11.9 Å². The van der Waals surface area contributed by atoms with E-state index in [1.165, 1.54) is 0 Å². The van der Waals surface area contributed by atoms with Crippen molar-refractivity contribution < 1.29 is 9.53 Å². The van der Waals surface area contributed by atoms with E-state index in [9.17, 15) is 10.1 Å². The highest BCUT2D eigenvalue weighted by Gasteiger charge is 2.37. The quantitative estimate of drug-likeness (QED) is 0.566. The molecule has 1 aliphatic carbocycles. The molecule has 0 radical (unpaired) electrons. The lowest BCUT2D eigenvalue weighted by Gasteiger charge is -2.45. The molecule has 5 rings (SSSR count). The van der Waals surface area contributed by atoms with E-state index >= 15 is 0 Å². The number of rotatable bonds is 7. The minimum absolute atomic E-state index is 0.0689. The monoisotopic (exact) mass is 485 g/mol. The van der Waals surface area contributed by atoms with Crippen molar-refractivity contribution in [1.29, 1.82) is 5.26 Å². The molecule has 2 saturated heterocycles. The maximum Gasteiger partial charge on any atom is 0.225 e. The van der Waals surface area contributed by atoms with Gasteiger partial charge in [0.05, 0.1) is 35.5 Å². The van der Waals surface area contributed by atoms with Gasteiger partial charge in [0.25, 0.3) is 0 Å². The number of piperazine rings is 1. The standard InChI is InChI=1S/C29H35N5O2/c1-5-22-14-21(8-10-31-22)27-19(4)24(16-30)29(32-28(27)20-6-7-20)33-11-12-34(25(17-33)18(2)3)26(35)15-23-9-13-36-23/h5,8,10,14,18,20,23,25H,1,6-7,9,11-13,15,17H2,2-4H3. The largest absolute Gasteiger partial charge is 0.377 e. The van der Waals surface area contributed by atoms with Crippen LogP contribution < -0.4 is 4.90 Å². The van der Waals surface area contributed by atoms with Gasteiger partial charge in [0.2, 0.25) is 5.91 Å². The molecule has 2 aromatic heterocycles. The topological polar surface area (TPSA) is 82.4 Å². The summed E-state index contributed by atoms with van der Waals surface area (Å²) in [5.74, 6) is 1.64. The molecule has 3 fully saturated rings. The Labute approximate surface area is 213 Å². The van der Waals surface area contributed by atoms with Crippen LogP contribution in [0.15, 0.2) is 24.9 Å². The zero-order valence-electron chi connectivity index (χ0n) is 21.5. The molecule has 7 nitrogen and oxygen atoms in total. The van der Waals surface area contributed by atoms with Gasteiger partial charge in [-0.2, -0.15) is 5.26 Å². The van der Waals surface area contributed by atoms with Crippen LogP contribution in [0.5, 0.6) is 0 Å². The van der Waals surface area contributed by atoms with Gasteiger partial charge in [-0.05, 0) is 61.4 Å². The lowest BCUT2D eigenvalue weighted by atomic mass is 9.93. The van der Waals surface area contributed by atoms with E-state index in [2.05, 4.69) is 36.4 Å². The number of ether oxygens (including phenoxy) is 1. The molecule has 2 aromatic rings. The zero-order valence-corrected chi connectivity index (χ0v) is 21.5. The van der Waals surface area contributed by atoms with Gasteiger partial charge in [-0.3, -0.25) is 9.78 Å². The normalized spacial score (nSPS) is 21.8. The Morgan fingerprint density at radius 2 is 2.11 bits per heavy atom. The Hall–Kier alpha value is -3.24. The molecular weight excluding hydrogens is 450 g/mol. The maximum atomic E-state index is 13.1. The van der Waals surface area contributed by atoms with E-state index < -0.39 is 0 Å². The van der Waals surface area contributed by atoms with Crippen molar-refractivity contribution in [1.82, 2.24) is 14.9 Å². The smallest absolute Gasteiger partial charge is 0.225 e. The first-order valence-electron chi connectivity index (χ1n) is 13.1. The second kappa shape index (κ2) is 10.0. The number of amides is 1. The van der Waals surface area contributed by atoms with Crippen LogP contribution in [0.2, 0.25) is 0 Å². The van der Waals surface area contributed by atoms with E-state index in [1.807, 2.05) is 24.0 Å². The van der Waals surface area contributed by atoms with E-state index in [0.717, 1.165) is 59.8 Å². The van der Waals surface area contributed by atoms with Crippen LogP contribution in [-0.4, -0.2) is 59.2 Å². The highest BCUT2D eigenvalue weighted by molar-refractivity contribution is 5.79. The molecule has 2 atom stereocenters. The molecule has 7 heteroatoms. The predicted molar refractivity (Wildman–Crippen MR) is 141 cm³/mol. The number of carbonyl (C=O) groups is 1. The number of carbonyl (C=O) groups excluding carboxylic acids is 1. The van der Waals surface area contributed by atoms with Crippen LogP contribution >= 0.6 is 0 Å². The van der Waals surface area contributed by atoms with E-state index in [0.29, 0.717) is 43.5 Å². The Kier molecular flexibility index (Phi) is 6.81. The SMILES string of the molecule is C=Cc1cc(-c2c(C3CC3)nc(N3CCN(C(=O)CC4CCO4)C(C(C)C)C3)c(C#N)c2C)ccn1. The van der Waals surface area contributed by atoms with Crippen molar-refractivity contribution in [3.63, 3.8) is 0 Å². The second-order valence-electron chi connectivity index (χ2n) is 10.6. The number of nitrogens with zero attached hydrogens (tertiary/aromatic N) is 5. The molecule has 0 aromatic carbocycles. The molecule has 2 aliphatic heterocycles. The summed E-state index contributed by atoms with van der Waals surface area (Å²) in [4.78, 5) is 26.9. The third kappa shape index (κ3) is 4.62. The Morgan fingerprint density at radius 1 is 1.33 bits per heavy atom. The minimum Gasteiger partial charge on any atom is -0.377 e. The van der Waals surface area contributed by atoms with Crippen LogP contribution in [0.25, 0.3) is 17.2 Å². The fraction of sp³-hybridized carbons (Fsp3) is 0.517. The van der Waals surface area contributed by atoms with Crippen LogP contribution in [0, 0.1) is 24.2 Å². The third-order valence-corrected chi connectivity index (χ3v) is 7.81. The van der Waals surface area contributed by atoms with E-state index in [-0.39, 0.29) is 18.1 Å². The Morgan fingerprint density at radius 3 is 2.72 bits per heavy atom. The highest BCUT2D eigenvalue weighted by Crippen LogP contribution is 2.46. The average molecular weight is 486 g/mol. The van der Waals surface area contributed by atoms with Crippen molar-refractivity contribution >= 4 is 17.8 Å². The summed E-state index contributed by atoms with van der Waals surface area (Å²) in [7, 11) is 0. The zero-order chi connectivity index (χ0) is 25.4. The van der Waals surface area contributed by atoms with Crippen molar-refractivity contribution in [3.8, 4) is 17.2 Å². The number of nitriles is 1. The molecule has 3 aliphatic rings. The first-order chi connectivity index (χ1) is 17.4. The maximum absolute atomic E-state index is 13.1. The highest BCUT2D eigenvalue weighted by atomic mass is 16.5. The number of anilines is 1. The average Bonchev–Trinajstić information content (AvgIpc) is 3.70.